The molecule has 6 heterocycles. The van der Waals surface area contributed by atoms with E-state index < -0.39 is 11.9 Å². The minimum atomic E-state index is -0.615. The molecule has 4 N–H and O–H groups in total. The van der Waals surface area contributed by atoms with Crippen LogP contribution in [0.1, 0.15) is 65.5 Å². The number of nitrogens with zero attached hydrogens (tertiary/aromatic N) is 6. The first-order valence-corrected chi connectivity index (χ1v) is 18.9. The van der Waals surface area contributed by atoms with Crippen LogP contribution in [-0.4, -0.2) is 105 Å². The predicted octanol–water partition coefficient (Wildman–Crippen LogP) is 4.35. The molecule has 0 spiro atoms. The van der Waals surface area contributed by atoms with Gasteiger partial charge in [0.05, 0.1) is 29.5 Å². The van der Waals surface area contributed by atoms with Crippen molar-refractivity contribution in [3.8, 4) is 11.4 Å². The maximum atomic E-state index is 13.9. The number of pyridine rings is 1. The van der Waals surface area contributed by atoms with E-state index in [4.69, 9.17) is 10.4 Å². The minimum absolute atomic E-state index is 0.0401. The van der Waals surface area contributed by atoms with Crippen LogP contribution >= 0.6 is 0 Å². The molecule has 4 aliphatic heterocycles. The number of benzene rings is 2. The lowest BCUT2D eigenvalue weighted by Crippen LogP contribution is -2.52. The SMILES string of the molecule is N=C(CCc1ncc(-c2cccc(N3CCN(CCNc4ccc5c(c4)CN(C4CCC(=O)NC4=O)C5=O)CC3)n2)[nH]1)N1CCCC1c1cccc(F)c1. The van der Waals surface area contributed by atoms with Crippen molar-refractivity contribution in [3.05, 3.63) is 95.2 Å². The number of piperidine rings is 1. The monoisotopic (exact) mass is 732 g/mol. The van der Waals surface area contributed by atoms with Gasteiger partial charge in [0, 0.05) is 82.9 Å². The van der Waals surface area contributed by atoms with Crippen LogP contribution in [0.4, 0.5) is 15.9 Å². The number of H-pyrrole nitrogens is 1. The lowest BCUT2D eigenvalue weighted by atomic mass is 10.0. The lowest BCUT2D eigenvalue weighted by Gasteiger charge is -2.35. The lowest BCUT2D eigenvalue weighted by molar-refractivity contribution is -0.136. The summed E-state index contributed by atoms with van der Waals surface area (Å²) in [5.41, 5.74) is 5.04. The number of nitrogens with one attached hydrogen (secondary N) is 4. The maximum Gasteiger partial charge on any atom is 0.255 e. The van der Waals surface area contributed by atoms with Gasteiger partial charge in [-0.05, 0) is 72.9 Å². The molecule has 2 aromatic heterocycles. The van der Waals surface area contributed by atoms with Gasteiger partial charge >= 0.3 is 0 Å². The van der Waals surface area contributed by atoms with Gasteiger partial charge < -0.3 is 25.0 Å². The highest BCUT2D eigenvalue weighted by atomic mass is 19.1. The molecule has 13 nitrogen and oxygen atoms in total. The fraction of sp³-hybridized carbons (Fsp3) is 0.400. The molecule has 2 atom stereocenters. The van der Waals surface area contributed by atoms with Gasteiger partial charge in [-0.15, -0.1) is 0 Å². The molecule has 4 aromatic rings. The first-order chi connectivity index (χ1) is 26.3. The smallest absolute Gasteiger partial charge is 0.255 e. The molecule has 3 amide bonds. The molecular weight excluding hydrogens is 688 g/mol. The number of piperazine rings is 1. The number of hydrogen-bond donors (Lipinski definition) is 4. The number of rotatable bonds is 11. The van der Waals surface area contributed by atoms with Gasteiger partial charge in [-0.1, -0.05) is 18.2 Å². The Morgan fingerprint density at radius 1 is 0.963 bits per heavy atom. The molecule has 8 rings (SSSR count). The molecule has 0 bridgehead atoms. The highest BCUT2D eigenvalue weighted by Gasteiger charge is 2.39. The zero-order valence-electron chi connectivity index (χ0n) is 30.2. The summed E-state index contributed by atoms with van der Waals surface area (Å²) < 4.78 is 13.9. The van der Waals surface area contributed by atoms with E-state index in [1.54, 1.807) is 17.0 Å². The molecule has 0 aliphatic carbocycles. The maximum absolute atomic E-state index is 13.9. The number of carbonyl (C=O) groups is 3. The summed E-state index contributed by atoms with van der Waals surface area (Å²) in [5, 5.41) is 14.6. The van der Waals surface area contributed by atoms with E-state index in [9.17, 15) is 18.8 Å². The molecule has 280 valence electrons. The van der Waals surface area contributed by atoms with Crippen LogP contribution in [0.3, 0.4) is 0 Å². The third-order valence-electron chi connectivity index (χ3n) is 11.0. The summed E-state index contributed by atoms with van der Waals surface area (Å²) in [7, 11) is 0. The molecule has 2 unspecified atom stereocenters. The normalized spacial score (nSPS) is 20.4. The Bertz CT molecular complexity index is 2060. The Hall–Kier alpha value is -5.63. The van der Waals surface area contributed by atoms with Crippen molar-refractivity contribution >= 4 is 35.1 Å². The number of fused-ring (bicyclic) bond motifs is 1. The predicted molar refractivity (Wildman–Crippen MR) is 203 cm³/mol. The van der Waals surface area contributed by atoms with Crippen molar-refractivity contribution < 1.29 is 18.8 Å². The third kappa shape index (κ3) is 7.56. The van der Waals surface area contributed by atoms with Gasteiger partial charge in [-0.3, -0.25) is 30.0 Å². The number of anilines is 2. The zero-order chi connectivity index (χ0) is 37.2. The number of aromatic nitrogens is 3. The third-order valence-corrected chi connectivity index (χ3v) is 11.0. The van der Waals surface area contributed by atoms with Crippen LogP contribution in [0.25, 0.3) is 11.4 Å². The summed E-state index contributed by atoms with van der Waals surface area (Å²) >= 11 is 0. The second-order valence-electron chi connectivity index (χ2n) is 14.5. The Morgan fingerprint density at radius 3 is 2.65 bits per heavy atom. The summed E-state index contributed by atoms with van der Waals surface area (Å²) in [5.74, 6) is 1.20. The molecule has 0 saturated carbocycles. The van der Waals surface area contributed by atoms with Gasteiger partial charge in [-0.25, -0.2) is 14.4 Å². The summed E-state index contributed by atoms with van der Waals surface area (Å²) in [6.07, 6.45) is 5.47. The van der Waals surface area contributed by atoms with Crippen LogP contribution in [0.5, 0.6) is 0 Å². The summed E-state index contributed by atoms with van der Waals surface area (Å²) in [4.78, 5) is 58.3. The second kappa shape index (κ2) is 15.4. The highest BCUT2D eigenvalue weighted by molar-refractivity contribution is 6.05. The Kier molecular flexibility index (Phi) is 10.1. The fourth-order valence-corrected chi connectivity index (χ4v) is 8.14. The fourth-order valence-electron chi connectivity index (χ4n) is 8.14. The van der Waals surface area contributed by atoms with Gasteiger partial charge in [0.15, 0.2) is 0 Å². The number of hydrogen-bond acceptors (Lipinski definition) is 9. The van der Waals surface area contributed by atoms with Gasteiger partial charge in [0.1, 0.15) is 23.5 Å². The molecule has 54 heavy (non-hydrogen) atoms. The standard InChI is InChI=1S/C40H45FN10O3/c41-28-5-1-4-26(22-28)33-7-3-16-50(33)35(42)12-13-36-44-24-32(45-36)31-6-2-8-37(46-31)49-20-18-48(19-21-49)17-15-43-29-9-10-30-27(23-29)25-51(40(30)54)34-11-14-38(52)47-39(34)53/h1-2,4-6,8-10,22-24,33-34,42-43H,3,7,11-21,25H2,(H,44,45)(H,47,52,53). The summed E-state index contributed by atoms with van der Waals surface area (Å²) in [6, 6.07) is 17.9. The van der Waals surface area contributed by atoms with Crippen molar-refractivity contribution in [2.45, 2.75) is 57.2 Å². The van der Waals surface area contributed by atoms with Crippen LogP contribution in [0.15, 0.2) is 66.9 Å². The van der Waals surface area contributed by atoms with Crippen molar-refractivity contribution in [2.24, 2.45) is 0 Å². The number of amidine groups is 1. The van der Waals surface area contributed by atoms with Crippen molar-refractivity contribution in [1.82, 2.24) is 35.0 Å². The zero-order valence-corrected chi connectivity index (χ0v) is 30.2. The number of halogens is 1. The largest absolute Gasteiger partial charge is 0.384 e. The number of carbonyl (C=O) groups excluding carboxylic acids is 3. The van der Waals surface area contributed by atoms with Gasteiger partial charge in [-0.2, -0.15) is 0 Å². The molecular formula is C40H45FN10O3. The van der Waals surface area contributed by atoms with E-state index in [2.05, 4.69) is 35.3 Å². The van der Waals surface area contributed by atoms with Crippen molar-refractivity contribution in [1.29, 1.82) is 5.41 Å². The van der Waals surface area contributed by atoms with E-state index in [-0.39, 0.29) is 30.1 Å². The molecule has 0 radical (unpaired) electrons. The molecule has 3 saturated heterocycles. The van der Waals surface area contributed by atoms with Gasteiger partial charge in [0.2, 0.25) is 11.8 Å². The second-order valence-corrected chi connectivity index (χ2v) is 14.5. The molecule has 14 heteroatoms. The first kappa shape index (κ1) is 35.4. The van der Waals surface area contributed by atoms with Crippen molar-refractivity contribution in [2.75, 3.05) is 56.0 Å². The summed E-state index contributed by atoms with van der Waals surface area (Å²) in [6.45, 7) is 6.32. The van der Waals surface area contributed by atoms with Crippen LogP contribution in [0, 0.1) is 11.2 Å². The number of likely N-dealkylation sites (tertiary alicyclic amines) is 1. The number of imidazole rings is 1. The molecule has 2 aromatic carbocycles. The molecule has 3 fully saturated rings. The van der Waals surface area contributed by atoms with E-state index in [0.717, 1.165) is 98.5 Å². The Labute approximate surface area is 313 Å². The van der Waals surface area contributed by atoms with Crippen LogP contribution in [-0.2, 0) is 22.6 Å². The molecule has 4 aliphatic rings. The number of amides is 3. The van der Waals surface area contributed by atoms with E-state index in [1.807, 2.05) is 48.7 Å². The Morgan fingerprint density at radius 2 is 1.81 bits per heavy atom. The van der Waals surface area contributed by atoms with Crippen LogP contribution < -0.4 is 15.5 Å². The van der Waals surface area contributed by atoms with E-state index >= 15 is 0 Å². The topological polar surface area (TPSA) is 154 Å². The Balaban J connectivity index is 0.792. The number of aromatic amines is 1. The van der Waals surface area contributed by atoms with E-state index in [0.29, 0.717) is 37.2 Å². The minimum Gasteiger partial charge on any atom is -0.384 e. The average Bonchev–Trinajstić information content (AvgIpc) is 3.94. The number of aryl methyl sites for hydroxylation is 1. The van der Waals surface area contributed by atoms with Crippen molar-refractivity contribution in [3.63, 3.8) is 0 Å². The highest BCUT2D eigenvalue weighted by Crippen LogP contribution is 2.33. The first-order valence-electron chi connectivity index (χ1n) is 18.9. The number of imide groups is 1. The van der Waals surface area contributed by atoms with Crippen LogP contribution in [0.2, 0.25) is 0 Å². The van der Waals surface area contributed by atoms with Gasteiger partial charge in [0.25, 0.3) is 5.91 Å². The van der Waals surface area contributed by atoms with E-state index in [1.165, 1.54) is 6.07 Å². The quantitative estimate of drug-likeness (QED) is 0.100. The average molecular weight is 733 g/mol.